The number of halogens is 1. The number of Topliss-reactive ketones (excluding diaryl/α,β-unsaturated/α-hetero) is 1. The molecule has 0 amide bonds. The second-order valence-electron chi connectivity index (χ2n) is 6.44. The first-order valence-corrected chi connectivity index (χ1v) is 9.53. The van der Waals surface area contributed by atoms with Gasteiger partial charge in [0, 0.05) is 36.8 Å². The van der Waals surface area contributed by atoms with Crippen molar-refractivity contribution in [2.24, 2.45) is 0 Å². The Morgan fingerprint density at radius 2 is 2.18 bits per heavy atom. The molecular weight excluding hydrogens is 381 g/mol. The van der Waals surface area contributed by atoms with E-state index in [4.69, 9.17) is 9.26 Å². The van der Waals surface area contributed by atoms with Gasteiger partial charge in [-0.2, -0.15) is 4.98 Å². The van der Waals surface area contributed by atoms with Crippen LogP contribution in [0.25, 0.3) is 11.3 Å². The molecule has 3 aromatic rings. The van der Waals surface area contributed by atoms with E-state index < -0.39 is 5.82 Å². The number of thiazole rings is 1. The quantitative estimate of drug-likeness (QED) is 0.482. The van der Waals surface area contributed by atoms with Gasteiger partial charge in [-0.3, -0.25) is 4.79 Å². The molecule has 1 unspecified atom stereocenters. The number of benzene rings is 1. The van der Waals surface area contributed by atoms with Gasteiger partial charge in [-0.1, -0.05) is 17.0 Å². The van der Waals surface area contributed by atoms with Crippen LogP contribution in [0.1, 0.15) is 51.7 Å². The molecule has 0 bridgehead atoms. The zero-order chi connectivity index (χ0) is 19.8. The number of hydrogen-bond donors (Lipinski definition) is 0. The summed E-state index contributed by atoms with van der Waals surface area (Å²) in [6.07, 6.45) is 0.617. The average Bonchev–Trinajstić information content (AvgIpc) is 3.24. The summed E-state index contributed by atoms with van der Waals surface area (Å²) in [5.41, 5.74) is 1.53. The van der Waals surface area contributed by atoms with Crippen LogP contribution in [0.4, 0.5) is 4.39 Å². The van der Waals surface area contributed by atoms with E-state index in [1.807, 2.05) is 6.92 Å². The second-order valence-corrected chi connectivity index (χ2v) is 7.52. The highest BCUT2D eigenvalue weighted by Gasteiger charge is 2.23. The molecule has 4 rings (SSSR count). The molecular formula is C20H16FN3O3S. The molecule has 0 saturated carbocycles. The number of carbonyl (C=O) groups is 1. The third kappa shape index (κ3) is 3.41. The van der Waals surface area contributed by atoms with Crippen molar-refractivity contribution in [3.8, 4) is 28.8 Å². The minimum Gasteiger partial charge on any atom is -0.492 e. The Morgan fingerprint density at radius 1 is 1.36 bits per heavy atom. The lowest BCUT2D eigenvalue weighted by molar-refractivity contribution is 0.101. The smallest absolute Gasteiger partial charge is 0.223 e. The fourth-order valence-corrected chi connectivity index (χ4v) is 3.78. The Morgan fingerprint density at radius 3 is 2.89 bits per heavy atom. The number of rotatable bonds is 2. The van der Waals surface area contributed by atoms with Gasteiger partial charge in [-0.15, -0.1) is 11.3 Å². The van der Waals surface area contributed by atoms with Gasteiger partial charge in [0.1, 0.15) is 11.6 Å². The molecule has 6 nitrogen and oxygen atoms in total. The number of ether oxygens (including phenoxy) is 1. The highest BCUT2D eigenvalue weighted by atomic mass is 32.1. The maximum Gasteiger partial charge on any atom is 0.223 e. The summed E-state index contributed by atoms with van der Waals surface area (Å²) >= 11 is 1.35. The molecule has 0 aliphatic carbocycles. The van der Waals surface area contributed by atoms with E-state index in [0.717, 1.165) is 4.88 Å². The van der Waals surface area contributed by atoms with Crippen molar-refractivity contribution in [1.82, 2.24) is 15.1 Å². The standard InChI is InChI=1S/C20H16FN3O3S/c1-10(19-22-12(3)27-24-19)4-5-13-8-14-16(9-15(13)21)26-7-6-17-18(14)23-20(28-17)11(2)25/h8-10H,6-7H2,1-3H3. The van der Waals surface area contributed by atoms with E-state index >= 15 is 0 Å². The molecule has 0 spiro atoms. The fourth-order valence-electron chi connectivity index (χ4n) is 2.83. The van der Waals surface area contributed by atoms with Gasteiger partial charge in [0.2, 0.25) is 5.89 Å². The van der Waals surface area contributed by atoms with E-state index in [-0.39, 0.29) is 17.3 Å². The normalized spacial score (nSPS) is 13.4. The van der Waals surface area contributed by atoms with Gasteiger partial charge in [-0.05, 0) is 13.0 Å². The third-order valence-corrected chi connectivity index (χ3v) is 5.48. The molecule has 1 aliphatic rings. The predicted octanol–water partition coefficient (Wildman–Crippen LogP) is 3.93. The lowest BCUT2D eigenvalue weighted by atomic mass is 10.0. The van der Waals surface area contributed by atoms with E-state index in [2.05, 4.69) is 27.0 Å². The molecule has 0 N–H and O–H groups in total. The summed E-state index contributed by atoms with van der Waals surface area (Å²) in [4.78, 5) is 21.3. The third-order valence-electron chi connectivity index (χ3n) is 4.26. The molecule has 1 atom stereocenters. The number of carbonyl (C=O) groups excluding carboxylic acids is 1. The Hall–Kier alpha value is -3.05. The van der Waals surface area contributed by atoms with Gasteiger partial charge in [0.15, 0.2) is 16.6 Å². The average molecular weight is 397 g/mol. The van der Waals surface area contributed by atoms with E-state index in [1.165, 1.54) is 24.3 Å². The lowest BCUT2D eigenvalue weighted by Crippen LogP contribution is -1.99. The molecule has 3 heterocycles. The van der Waals surface area contributed by atoms with E-state index in [0.29, 0.717) is 46.8 Å². The van der Waals surface area contributed by atoms with Crippen molar-refractivity contribution in [1.29, 1.82) is 0 Å². The monoisotopic (exact) mass is 397 g/mol. The summed E-state index contributed by atoms with van der Waals surface area (Å²) in [7, 11) is 0. The number of fused-ring (bicyclic) bond motifs is 3. The molecule has 142 valence electrons. The van der Waals surface area contributed by atoms with Crippen molar-refractivity contribution in [3.63, 3.8) is 0 Å². The summed E-state index contributed by atoms with van der Waals surface area (Å²) in [5, 5.41) is 4.28. The molecule has 1 aliphatic heterocycles. The first-order valence-electron chi connectivity index (χ1n) is 8.71. The molecule has 8 heteroatoms. The van der Waals surface area contributed by atoms with Crippen LogP contribution in [0.5, 0.6) is 5.75 Å². The summed E-state index contributed by atoms with van der Waals surface area (Å²) in [6, 6.07) is 2.95. The van der Waals surface area contributed by atoms with Crippen molar-refractivity contribution < 1.29 is 18.4 Å². The summed E-state index contributed by atoms with van der Waals surface area (Å²) < 4.78 is 25.2. The Labute approximate surface area is 164 Å². The minimum atomic E-state index is -0.479. The van der Waals surface area contributed by atoms with Crippen molar-refractivity contribution in [3.05, 3.63) is 45.1 Å². The van der Waals surface area contributed by atoms with Crippen LogP contribution in [-0.4, -0.2) is 27.5 Å². The first-order chi connectivity index (χ1) is 13.4. The van der Waals surface area contributed by atoms with Crippen LogP contribution in [0.2, 0.25) is 0 Å². The summed E-state index contributed by atoms with van der Waals surface area (Å²) in [5.74, 6) is 6.24. The second kappa shape index (κ2) is 7.17. The van der Waals surface area contributed by atoms with E-state index in [9.17, 15) is 9.18 Å². The fraction of sp³-hybridized carbons (Fsp3) is 0.300. The number of hydrogen-bond acceptors (Lipinski definition) is 7. The lowest BCUT2D eigenvalue weighted by Gasteiger charge is -2.08. The molecule has 0 saturated heterocycles. The van der Waals surface area contributed by atoms with Crippen LogP contribution in [0, 0.1) is 24.6 Å². The van der Waals surface area contributed by atoms with E-state index in [1.54, 1.807) is 13.0 Å². The van der Waals surface area contributed by atoms with Crippen LogP contribution < -0.4 is 4.74 Å². The highest BCUT2D eigenvalue weighted by Crippen LogP contribution is 2.39. The van der Waals surface area contributed by atoms with Crippen LogP contribution in [0.3, 0.4) is 0 Å². The van der Waals surface area contributed by atoms with Crippen LogP contribution >= 0.6 is 11.3 Å². The number of aryl methyl sites for hydroxylation is 1. The van der Waals surface area contributed by atoms with Crippen LogP contribution in [-0.2, 0) is 6.42 Å². The molecule has 28 heavy (non-hydrogen) atoms. The largest absolute Gasteiger partial charge is 0.492 e. The number of aromatic nitrogens is 3. The van der Waals surface area contributed by atoms with Crippen LogP contribution in [0.15, 0.2) is 16.7 Å². The zero-order valence-corrected chi connectivity index (χ0v) is 16.3. The Bertz CT molecular complexity index is 1140. The molecule has 1 aromatic carbocycles. The molecule has 0 fully saturated rings. The SMILES string of the molecule is CC(=O)c1nc2c(s1)CCOc1cc(F)c(C#CC(C)c3noc(C)n3)cc1-2. The van der Waals surface area contributed by atoms with Gasteiger partial charge in [0.05, 0.1) is 23.8 Å². The van der Waals surface area contributed by atoms with Gasteiger partial charge < -0.3 is 9.26 Å². The van der Waals surface area contributed by atoms with Gasteiger partial charge in [0.25, 0.3) is 0 Å². The first kappa shape index (κ1) is 18.3. The van der Waals surface area contributed by atoms with Crippen molar-refractivity contribution in [2.45, 2.75) is 33.1 Å². The van der Waals surface area contributed by atoms with Gasteiger partial charge in [-0.25, -0.2) is 9.37 Å². The highest BCUT2D eigenvalue weighted by molar-refractivity contribution is 7.14. The molecule has 0 radical (unpaired) electrons. The maximum absolute atomic E-state index is 14.6. The zero-order valence-electron chi connectivity index (χ0n) is 15.5. The predicted molar refractivity (Wildman–Crippen MR) is 101 cm³/mol. The maximum atomic E-state index is 14.6. The Kier molecular flexibility index (Phi) is 4.69. The minimum absolute atomic E-state index is 0.0908. The number of ketones is 1. The topological polar surface area (TPSA) is 78.1 Å². The number of nitrogens with zero attached hydrogens (tertiary/aromatic N) is 3. The Balaban J connectivity index is 1.75. The van der Waals surface area contributed by atoms with Crippen molar-refractivity contribution >= 4 is 17.1 Å². The summed E-state index contributed by atoms with van der Waals surface area (Å²) in [6.45, 7) is 5.40. The van der Waals surface area contributed by atoms with Gasteiger partial charge >= 0.3 is 0 Å². The van der Waals surface area contributed by atoms with Crippen molar-refractivity contribution in [2.75, 3.05) is 6.61 Å². The molecule has 2 aromatic heterocycles.